The maximum atomic E-state index is 12.6. The Morgan fingerprint density at radius 1 is 1.10 bits per heavy atom. The maximum absolute atomic E-state index is 12.6. The summed E-state index contributed by atoms with van der Waals surface area (Å²) >= 11 is 0. The first-order chi connectivity index (χ1) is 9.70. The number of aryl methyl sites for hydroxylation is 1. The van der Waals surface area contributed by atoms with E-state index in [-0.39, 0.29) is 5.91 Å². The van der Waals surface area contributed by atoms with Crippen LogP contribution in [0.2, 0.25) is 0 Å². The number of ether oxygens (including phenoxy) is 1. The molecule has 100 valence electrons. The molecule has 0 atom stereocenters. The van der Waals surface area contributed by atoms with E-state index in [2.05, 4.69) is 9.97 Å². The summed E-state index contributed by atoms with van der Waals surface area (Å²) in [5.41, 5.74) is 1.78. The molecule has 0 amide bonds. The van der Waals surface area contributed by atoms with Crippen LogP contribution in [0.3, 0.4) is 0 Å². The average Bonchev–Trinajstić information content (AvgIpc) is 2.82. The Morgan fingerprint density at radius 3 is 2.55 bits per heavy atom. The zero-order chi connectivity index (χ0) is 14.1. The molecule has 0 saturated heterocycles. The second-order valence-corrected chi connectivity index (χ2v) is 4.36. The first-order valence-electron chi connectivity index (χ1n) is 6.20. The first-order valence-corrected chi connectivity index (χ1v) is 6.20. The van der Waals surface area contributed by atoms with Crippen molar-refractivity contribution >= 4 is 17.1 Å². The number of carbonyl (C=O) groups excluding carboxylic acids is 1. The summed E-state index contributed by atoms with van der Waals surface area (Å²) in [6, 6.07) is 12.6. The number of fused-ring (bicyclic) bond motifs is 1. The van der Waals surface area contributed by atoms with Gasteiger partial charge in [0.25, 0.3) is 5.91 Å². The van der Waals surface area contributed by atoms with Crippen LogP contribution in [-0.2, 0) is 0 Å². The molecule has 20 heavy (non-hydrogen) atoms. The van der Waals surface area contributed by atoms with Crippen molar-refractivity contribution in [2.45, 2.75) is 6.92 Å². The van der Waals surface area contributed by atoms with Gasteiger partial charge in [-0.1, -0.05) is 18.2 Å². The number of nitrogens with zero attached hydrogens (tertiary/aromatic N) is 3. The van der Waals surface area contributed by atoms with Gasteiger partial charge in [0, 0.05) is 11.6 Å². The normalized spacial score (nSPS) is 10.7. The Labute approximate surface area is 115 Å². The van der Waals surface area contributed by atoms with Crippen LogP contribution in [0.25, 0.3) is 11.2 Å². The van der Waals surface area contributed by atoms with E-state index in [4.69, 9.17) is 4.74 Å². The fourth-order valence-electron chi connectivity index (χ4n) is 2.12. The lowest BCUT2D eigenvalue weighted by Gasteiger charge is -2.05. The molecule has 0 bridgehead atoms. The van der Waals surface area contributed by atoms with Crippen molar-refractivity contribution in [3.8, 4) is 5.88 Å². The molecule has 2 aromatic heterocycles. The van der Waals surface area contributed by atoms with E-state index in [1.54, 1.807) is 38.3 Å². The Bertz CT molecular complexity index is 778. The van der Waals surface area contributed by atoms with E-state index in [1.165, 1.54) is 4.57 Å². The molecule has 2 heterocycles. The van der Waals surface area contributed by atoms with Gasteiger partial charge in [0.2, 0.25) is 5.88 Å². The zero-order valence-corrected chi connectivity index (χ0v) is 11.2. The van der Waals surface area contributed by atoms with Gasteiger partial charge in [-0.3, -0.25) is 4.79 Å². The van der Waals surface area contributed by atoms with Crippen molar-refractivity contribution in [2.24, 2.45) is 0 Å². The van der Waals surface area contributed by atoms with Gasteiger partial charge in [-0.25, -0.2) is 9.55 Å². The lowest BCUT2D eigenvalue weighted by Crippen LogP contribution is -2.14. The summed E-state index contributed by atoms with van der Waals surface area (Å²) in [4.78, 5) is 21.3. The Hall–Kier alpha value is -2.69. The summed E-state index contributed by atoms with van der Waals surface area (Å²) < 4.78 is 6.62. The van der Waals surface area contributed by atoms with Gasteiger partial charge in [-0.15, -0.1) is 0 Å². The highest BCUT2D eigenvalue weighted by molar-refractivity contribution is 6.00. The molecule has 0 N–H and O–H groups in total. The highest BCUT2D eigenvalue weighted by Gasteiger charge is 2.17. The number of aromatic nitrogens is 3. The lowest BCUT2D eigenvalue weighted by atomic mass is 10.2. The number of hydrogen-bond donors (Lipinski definition) is 0. The SMILES string of the molecule is COc1ccc2nc(C)n(C(=O)c3ccccc3)c2n1. The Morgan fingerprint density at radius 2 is 1.85 bits per heavy atom. The quantitative estimate of drug-likeness (QED) is 0.715. The molecule has 0 aliphatic carbocycles. The van der Waals surface area contributed by atoms with Gasteiger partial charge in [0.05, 0.1) is 7.11 Å². The summed E-state index contributed by atoms with van der Waals surface area (Å²) in [6.45, 7) is 1.79. The third-order valence-electron chi connectivity index (χ3n) is 3.08. The standard InChI is InChI=1S/C15H13N3O2/c1-10-16-12-8-9-13(20-2)17-14(12)18(10)15(19)11-6-4-3-5-7-11/h3-9H,1-2H3. The van der Waals surface area contributed by atoms with Crippen LogP contribution in [-0.4, -0.2) is 27.6 Å². The van der Waals surface area contributed by atoms with E-state index in [0.29, 0.717) is 28.4 Å². The van der Waals surface area contributed by atoms with Crippen LogP contribution in [0.5, 0.6) is 5.88 Å². The topological polar surface area (TPSA) is 57.0 Å². The van der Waals surface area contributed by atoms with Crippen LogP contribution in [0.1, 0.15) is 16.2 Å². The van der Waals surface area contributed by atoms with E-state index in [0.717, 1.165) is 0 Å². The van der Waals surface area contributed by atoms with Crippen LogP contribution in [0.15, 0.2) is 42.5 Å². The minimum absolute atomic E-state index is 0.147. The van der Waals surface area contributed by atoms with E-state index in [1.807, 2.05) is 18.2 Å². The van der Waals surface area contributed by atoms with Gasteiger partial charge in [0.15, 0.2) is 5.65 Å². The predicted molar refractivity (Wildman–Crippen MR) is 75.0 cm³/mol. The van der Waals surface area contributed by atoms with Gasteiger partial charge in [-0.05, 0) is 25.1 Å². The highest BCUT2D eigenvalue weighted by atomic mass is 16.5. The number of pyridine rings is 1. The molecule has 0 spiro atoms. The lowest BCUT2D eigenvalue weighted by molar-refractivity contribution is 0.0961. The van der Waals surface area contributed by atoms with Crippen molar-refractivity contribution in [3.05, 3.63) is 53.9 Å². The zero-order valence-electron chi connectivity index (χ0n) is 11.2. The number of hydrogen-bond acceptors (Lipinski definition) is 4. The molecule has 0 aliphatic heterocycles. The minimum Gasteiger partial charge on any atom is -0.481 e. The highest BCUT2D eigenvalue weighted by Crippen LogP contribution is 2.19. The second kappa shape index (κ2) is 4.77. The van der Waals surface area contributed by atoms with Gasteiger partial charge in [0.1, 0.15) is 11.3 Å². The molecule has 3 aromatic rings. The van der Waals surface area contributed by atoms with Crippen LogP contribution >= 0.6 is 0 Å². The molecular weight excluding hydrogens is 254 g/mol. The molecule has 3 rings (SSSR count). The summed E-state index contributed by atoms with van der Waals surface area (Å²) in [5, 5.41) is 0. The van der Waals surface area contributed by atoms with Crippen LogP contribution < -0.4 is 4.74 Å². The molecule has 0 unspecified atom stereocenters. The molecule has 0 saturated carbocycles. The minimum atomic E-state index is -0.147. The van der Waals surface area contributed by atoms with E-state index < -0.39 is 0 Å². The molecular formula is C15H13N3O2. The van der Waals surface area contributed by atoms with Crippen molar-refractivity contribution in [1.29, 1.82) is 0 Å². The fourth-order valence-corrected chi connectivity index (χ4v) is 2.12. The number of benzene rings is 1. The third-order valence-corrected chi connectivity index (χ3v) is 3.08. The van der Waals surface area contributed by atoms with Gasteiger partial charge in [-0.2, -0.15) is 4.98 Å². The predicted octanol–water partition coefficient (Wildman–Crippen LogP) is 2.44. The summed E-state index contributed by atoms with van der Waals surface area (Å²) in [6.07, 6.45) is 0. The van der Waals surface area contributed by atoms with Crippen LogP contribution in [0.4, 0.5) is 0 Å². The maximum Gasteiger partial charge on any atom is 0.265 e. The van der Waals surface area contributed by atoms with E-state index in [9.17, 15) is 4.79 Å². The summed E-state index contributed by atoms with van der Waals surface area (Å²) in [7, 11) is 1.54. The van der Waals surface area contributed by atoms with Crippen molar-refractivity contribution in [1.82, 2.24) is 14.5 Å². The van der Waals surface area contributed by atoms with Crippen molar-refractivity contribution in [2.75, 3.05) is 7.11 Å². The molecule has 0 aliphatic rings. The number of methoxy groups -OCH3 is 1. The monoisotopic (exact) mass is 267 g/mol. The first kappa shape index (κ1) is 12.3. The van der Waals surface area contributed by atoms with E-state index >= 15 is 0 Å². The summed E-state index contributed by atoms with van der Waals surface area (Å²) in [5.74, 6) is 0.917. The number of carbonyl (C=O) groups is 1. The second-order valence-electron chi connectivity index (χ2n) is 4.36. The van der Waals surface area contributed by atoms with Crippen molar-refractivity contribution < 1.29 is 9.53 Å². The number of rotatable bonds is 2. The van der Waals surface area contributed by atoms with Crippen LogP contribution in [0, 0.1) is 6.92 Å². The molecule has 1 aromatic carbocycles. The van der Waals surface area contributed by atoms with Gasteiger partial charge >= 0.3 is 0 Å². The van der Waals surface area contributed by atoms with Gasteiger partial charge < -0.3 is 4.74 Å². The Balaban J connectivity index is 2.20. The molecule has 0 fully saturated rings. The third kappa shape index (κ3) is 1.93. The largest absolute Gasteiger partial charge is 0.481 e. The average molecular weight is 267 g/mol. The molecule has 0 radical (unpaired) electrons. The molecule has 5 heteroatoms. The Kier molecular flexibility index (Phi) is 2.95. The smallest absolute Gasteiger partial charge is 0.265 e. The fraction of sp³-hybridized carbons (Fsp3) is 0.133. The number of imidazole rings is 1. The molecule has 5 nitrogen and oxygen atoms in total. The van der Waals surface area contributed by atoms with Crippen molar-refractivity contribution in [3.63, 3.8) is 0 Å².